The van der Waals surface area contributed by atoms with Crippen LogP contribution in [0.1, 0.15) is 42.6 Å². The van der Waals surface area contributed by atoms with Gasteiger partial charge in [-0.1, -0.05) is 13.8 Å². The van der Waals surface area contributed by atoms with Gasteiger partial charge in [0.25, 0.3) is 5.91 Å². The summed E-state index contributed by atoms with van der Waals surface area (Å²) in [5.74, 6) is -0.792. The third-order valence-corrected chi connectivity index (χ3v) is 3.20. The van der Waals surface area contributed by atoms with Crippen molar-refractivity contribution in [3.8, 4) is 0 Å². The molecule has 18 heavy (non-hydrogen) atoms. The molecule has 0 atom stereocenters. The summed E-state index contributed by atoms with van der Waals surface area (Å²) in [4.78, 5) is 11.8. The smallest absolute Gasteiger partial charge is 0.251 e. The van der Waals surface area contributed by atoms with Crippen molar-refractivity contribution in [1.29, 1.82) is 0 Å². The fourth-order valence-corrected chi connectivity index (χ4v) is 1.71. The van der Waals surface area contributed by atoms with Gasteiger partial charge in [-0.25, -0.2) is 4.39 Å². The molecule has 0 unspecified atom stereocenters. The lowest BCUT2D eigenvalue weighted by atomic mass is 9.97. The van der Waals surface area contributed by atoms with Crippen molar-refractivity contribution in [3.05, 3.63) is 35.1 Å². The van der Waals surface area contributed by atoms with Gasteiger partial charge in [-0.15, -0.1) is 0 Å². The summed E-state index contributed by atoms with van der Waals surface area (Å²) >= 11 is 0. The van der Waals surface area contributed by atoms with E-state index in [1.54, 1.807) is 13.0 Å². The van der Waals surface area contributed by atoms with Crippen LogP contribution in [0.4, 0.5) is 4.39 Å². The first kappa shape index (κ1) is 14.6. The Hall–Kier alpha value is -1.42. The van der Waals surface area contributed by atoms with Crippen LogP contribution in [0.5, 0.6) is 0 Å². The van der Waals surface area contributed by atoms with E-state index in [4.69, 9.17) is 0 Å². The summed E-state index contributed by atoms with van der Waals surface area (Å²) < 4.78 is 13.2. The molecule has 2 N–H and O–H groups in total. The molecule has 0 fully saturated rings. The number of carbonyl (C=O) groups excluding carboxylic acids is 1. The molecule has 0 bridgehead atoms. The van der Waals surface area contributed by atoms with Crippen LogP contribution in [0.25, 0.3) is 0 Å². The molecule has 0 aliphatic carbocycles. The fraction of sp³-hybridized carbons (Fsp3) is 0.500. The Labute approximate surface area is 107 Å². The van der Waals surface area contributed by atoms with Crippen molar-refractivity contribution in [2.75, 3.05) is 6.54 Å². The van der Waals surface area contributed by atoms with Gasteiger partial charge in [0.1, 0.15) is 5.82 Å². The minimum atomic E-state index is -0.891. The first-order valence-corrected chi connectivity index (χ1v) is 6.18. The predicted molar refractivity (Wildman–Crippen MR) is 69.0 cm³/mol. The van der Waals surface area contributed by atoms with E-state index in [1.807, 2.05) is 13.8 Å². The van der Waals surface area contributed by atoms with Gasteiger partial charge in [0.2, 0.25) is 0 Å². The van der Waals surface area contributed by atoms with E-state index in [0.29, 0.717) is 18.4 Å². The highest BCUT2D eigenvalue weighted by atomic mass is 19.1. The van der Waals surface area contributed by atoms with Crippen molar-refractivity contribution in [2.24, 2.45) is 0 Å². The number of benzene rings is 1. The van der Waals surface area contributed by atoms with Crippen molar-refractivity contribution in [3.63, 3.8) is 0 Å². The summed E-state index contributed by atoms with van der Waals surface area (Å²) in [6, 6.07) is 4.18. The van der Waals surface area contributed by atoms with Gasteiger partial charge in [0.05, 0.1) is 5.60 Å². The molecule has 0 saturated heterocycles. The molecule has 1 aromatic carbocycles. The van der Waals surface area contributed by atoms with Crippen LogP contribution in [-0.2, 0) is 0 Å². The number of aryl methyl sites for hydroxylation is 1. The number of nitrogens with one attached hydrogen (secondary N) is 1. The third kappa shape index (κ3) is 3.81. The molecule has 1 rings (SSSR count). The van der Waals surface area contributed by atoms with E-state index in [0.717, 1.165) is 0 Å². The Morgan fingerprint density at radius 1 is 1.33 bits per heavy atom. The number of hydrogen-bond donors (Lipinski definition) is 2. The van der Waals surface area contributed by atoms with Gasteiger partial charge in [-0.2, -0.15) is 0 Å². The van der Waals surface area contributed by atoms with E-state index < -0.39 is 11.4 Å². The molecule has 100 valence electrons. The molecule has 0 saturated carbocycles. The number of hydrogen-bond acceptors (Lipinski definition) is 2. The van der Waals surface area contributed by atoms with Gasteiger partial charge in [0.15, 0.2) is 0 Å². The zero-order chi connectivity index (χ0) is 13.8. The zero-order valence-corrected chi connectivity index (χ0v) is 11.1. The number of aliphatic hydroxyl groups is 1. The Bertz CT molecular complexity index is 408. The van der Waals surface area contributed by atoms with Gasteiger partial charge in [0, 0.05) is 12.1 Å². The predicted octanol–water partition coefficient (Wildman–Crippen LogP) is 2.42. The van der Waals surface area contributed by atoms with Gasteiger partial charge in [-0.3, -0.25) is 4.79 Å². The van der Waals surface area contributed by atoms with Crippen LogP contribution in [0, 0.1) is 12.7 Å². The van der Waals surface area contributed by atoms with Crippen LogP contribution < -0.4 is 5.32 Å². The molecular weight excluding hydrogens is 233 g/mol. The lowest BCUT2D eigenvalue weighted by Gasteiger charge is -2.25. The molecule has 0 aromatic heterocycles. The maximum absolute atomic E-state index is 13.2. The second-order valence-corrected chi connectivity index (χ2v) is 4.63. The summed E-state index contributed by atoms with van der Waals surface area (Å²) in [7, 11) is 0. The number of halogens is 1. The lowest BCUT2D eigenvalue weighted by molar-refractivity contribution is 0.0314. The van der Waals surface area contributed by atoms with Crippen molar-refractivity contribution in [1.82, 2.24) is 5.32 Å². The monoisotopic (exact) mass is 253 g/mol. The van der Waals surface area contributed by atoms with Gasteiger partial charge in [-0.05, 0) is 43.5 Å². The summed E-state index contributed by atoms with van der Waals surface area (Å²) in [6.07, 6.45) is 1.12. The second kappa shape index (κ2) is 5.96. The highest BCUT2D eigenvalue weighted by Gasteiger charge is 2.23. The molecule has 1 amide bonds. The normalized spacial score (nSPS) is 11.4. The Morgan fingerprint density at radius 3 is 2.44 bits per heavy atom. The Kier molecular flexibility index (Phi) is 4.84. The SMILES string of the molecule is CCC(O)(CC)CNC(=O)c1cc(C)cc(F)c1. The number of carbonyl (C=O) groups is 1. The van der Waals surface area contributed by atoms with E-state index >= 15 is 0 Å². The minimum absolute atomic E-state index is 0.175. The fourth-order valence-electron chi connectivity index (χ4n) is 1.71. The Balaban J connectivity index is 2.71. The van der Waals surface area contributed by atoms with Crippen LogP contribution >= 0.6 is 0 Å². The summed E-state index contributed by atoms with van der Waals surface area (Å²) in [5, 5.41) is 12.7. The molecule has 0 spiro atoms. The van der Waals surface area contributed by atoms with E-state index in [-0.39, 0.29) is 18.0 Å². The van der Waals surface area contributed by atoms with Crippen LogP contribution in [-0.4, -0.2) is 23.2 Å². The van der Waals surface area contributed by atoms with Gasteiger partial charge >= 0.3 is 0 Å². The van der Waals surface area contributed by atoms with Crippen molar-refractivity contribution >= 4 is 5.91 Å². The van der Waals surface area contributed by atoms with E-state index in [1.165, 1.54) is 12.1 Å². The molecule has 1 aromatic rings. The average Bonchev–Trinajstić information content (AvgIpc) is 2.34. The maximum atomic E-state index is 13.2. The standard InChI is InChI=1S/C14H20FNO2/c1-4-14(18,5-2)9-16-13(17)11-6-10(3)7-12(15)8-11/h6-8,18H,4-5,9H2,1-3H3,(H,16,17). The summed E-state index contributed by atoms with van der Waals surface area (Å²) in [6.45, 7) is 5.63. The molecule has 0 radical (unpaired) electrons. The molecular formula is C14H20FNO2. The Morgan fingerprint density at radius 2 is 1.94 bits per heavy atom. The molecule has 0 aliphatic heterocycles. The highest BCUT2D eigenvalue weighted by molar-refractivity contribution is 5.94. The van der Waals surface area contributed by atoms with Crippen LogP contribution in [0.15, 0.2) is 18.2 Å². The minimum Gasteiger partial charge on any atom is -0.388 e. The molecule has 3 nitrogen and oxygen atoms in total. The largest absolute Gasteiger partial charge is 0.388 e. The van der Waals surface area contributed by atoms with Crippen molar-refractivity contribution < 1.29 is 14.3 Å². The third-order valence-electron chi connectivity index (χ3n) is 3.20. The molecule has 4 heteroatoms. The molecule has 0 heterocycles. The van der Waals surface area contributed by atoms with Crippen molar-refractivity contribution in [2.45, 2.75) is 39.2 Å². The zero-order valence-electron chi connectivity index (χ0n) is 11.1. The first-order chi connectivity index (χ1) is 8.40. The van der Waals surface area contributed by atoms with E-state index in [2.05, 4.69) is 5.32 Å². The number of rotatable bonds is 5. The molecule has 0 aliphatic rings. The van der Waals surface area contributed by atoms with Crippen LogP contribution in [0.2, 0.25) is 0 Å². The first-order valence-electron chi connectivity index (χ1n) is 6.18. The van der Waals surface area contributed by atoms with Crippen LogP contribution in [0.3, 0.4) is 0 Å². The quantitative estimate of drug-likeness (QED) is 0.846. The lowest BCUT2D eigenvalue weighted by Crippen LogP contribution is -2.42. The van der Waals surface area contributed by atoms with Gasteiger partial charge < -0.3 is 10.4 Å². The highest BCUT2D eigenvalue weighted by Crippen LogP contribution is 2.14. The average molecular weight is 253 g/mol. The summed E-state index contributed by atoms with van der Waals surface area (Å²) in [5.41, 5.74) is 0.0846. The maximum Gasteiger partial charge on any atom is 0.251 e. The number of amides is 1. The second-order valence-electron chi connectivity index (χ2n) is 4.63. The topological polar surface area (TPSA) is 49.3 Å². The van der Waals surface area contributed by atoms with E-state index in [9.17, 15) is 14.3 Å².